The number of benzene rings is 1. The molecular weight excluding hydrogens is 248 g/mol. The summed E-state index contributed by atoms with van der Waals surface area (Å²) in [7, 11) is 0. The van der Waals surface area contributed by atoms with E-state index in [1.807, 2.05) is 18.2 Å². The Labute approximate surface area is 108 Å². The van der Waals surface area contributed by atoms with Crippen LogP contribution in [0.15, 0.2) is 48.8 Å². The van der Waals surface area contributed by atoms with Crippen LogP contribution in [0, 0.1) is 11.6 Å². The molecule has 5 heteroatoms. The van der Waals surface area contributed by atoms with Crippen molar-refractivity contribution in [2.45, 2.75) is 6.04 Å². The molecule has 1 aromatic carbocycles. The van der Waals surface area contributed by atoms with Crippen LogP contribution < -0.4 is 5.73 Å². The summed E-state index contributed by atoms with van der Waals surface area (Å²) in [6.07, 6.45) is 3.35. The van der Waals surface area contributed by atoms with Crippen molar-refractivity contribution >= 4 is 5.52 Å². The largest absolute Gasteiger partial charge is 0.320 e. The maximum absolute atomic E-state index is 13.7. The van der Waals surface area contributed by atoms with E-state index in [4.69, 9.17) is 5.73 Å². The molecule has 0 saturated carbocycles. The zero-order valence-electron chi connectivity index (χ0n) is 9.92. The number of rotatable bonds is 2. The fraction of sp³-hybridized carbons (Fsp3) is 0.0714. The highest BCUT2D eigenvalue weighted by atomic mass is 19.1. The number of halogens is 2. The first-order valence-corrected chi connectivity index (χ1v) is 5.79. The van der Waals surface area contributed by atoms with Gasteiger partial charge >= 0.3 is 0 Å². The lowest BCUT2D eigenvalue weighted by Crippen LogP contribution is -2.13. The third-order valence-corrected chi connectivity index (χ3v) is 3.08. The number of pyridine rings is 1. The molecule has 0 bridgehead atoms. The number of hydrogen-bond donors (Lipinski definition) is 1. The third kappa shape index (κ3) is 1.98. The minimum absolute atomic E-state index is 0.124. The van der Waals surface area contributed by atoms with E-state index in [-0.39, 0.29) is 5.56 Å². The van der Waals surface area contributed by atoms with Gasteiger partial charge in [0.25, 0.3) is 0 Å². The molecule has 2 N–H and O–H groups in total. The molecule has 0 amide bonds. The summed E-state index contributed by atoms with van der Waals surface area (Å²) >= 11 is 0. The third-order valence-electron chi connectivity index (χ3n) is 3.08. The minimum Gasteiger partial charge on any atom is -0.320 e. The van der Waals surface area contributed by atoms with Gasteiger partial charge in [0.2, 0.25) is 0 Å². The van der Waals surface area contributed by atoms with Crippen LogP contribution in [0.5, 0.6) is 0 Å². The molecule has 0 aliphatic heterocycles. The molecule has 0 saturated heterocycles. The quantitative estimate of drug-likeness (QED) is 0.768. The van der Waals surface area contributed by atoms with E-state index >= 15 is 0 Å². The lowest BCUT2D eigenvalue weighted by Gasteiger charge is -2.12. The molecule has 2 aromatic heterocycles. The van der Waals surface area contributed by atoms with Gasteiger partial charge in [-0.05, 0) is 30.3 Å². The zero-order valence-corrected chi connectivity index (χ0v) is 9.92. The Morgan fingerprint density at radius 3 is 2.79 bits per heavy atom. The highest BCUT2D eigenvalue weighted by molar-refractivity contribution is 5.57. The molecule has 0 spiro atoms. The number of hydrogen-bond acceptors (Lipinski definition) is 2. The number of nitrogens with two attached hydrogens (primary N) is 1. The molecular formula is C14H11F2N3. The Kier molecular flexibility index (Phi) is 2.76. The van der Waals surface area contributed by atoms with E-state index in [9.17, 15) is 8.78 Å². The molecule has 1 atom stereocenters. The first-order chi connectivity index (χ1) is 9.16. The monoisotopic (exact) mass is 259 g/mol. The SMILES string of the molecule is NC(c1cc(F)ccc1F)c1cnn2ccccc12. The van der Waals surface area contributed by atoms with Gasteiger partial charge in [0.05, 0.1) is 17.8 Å². The van der Waals surface area contributed by atoms with E-state index in [1.54, 1.807) is 16.9 Å². The van der Waals surface area contributed by atoms with Crippen LogP contribution in [0.4, 0.5) is 8.78 Å². The lowest BCUT2D eigenvalue weighted by atomic mass is 10.0. The molecule has 0 radical (unpaired) electrons. The van der Waals surface area contributed by atoms with Gasteiger partial charge < -0.3 is 5.73 Å². The van der Waals surface area contributed by atoms with Crippen LogP contribution in [0.25, 0.3) is 5.52 Å². The van der Waals surface area contributed by atoms with Gasteiger partial charge in [0, 0.05) is 17.3 Å². The molecule has 0 aliphatic rings. The summed E-state index contributed by atoms with van der Waals surface area (Å²) in [6.45, 7) is 0. The Hall–Kier alpha value is -2.27. The molecule has 3 aromatic rings. The van der Waals surface area contributed by atoms with Crippen molar-refractivity contribution in [3.05, 3.63) is 71.6 Å². The predicted molar refractivity (Wildman–Crippen MR) is 67.6 cm³/mol. The van der Waals surface area contributed by atoms with Gasteiger partial charge in [0.1, 0.15) is 11.6 Å². The summed E-state index contributed by atoms with van der Waals surface area (Å²) in [6, 6.07) is 8.02. The molecule has 19 heavy (non-hydrogen) atoms. The molecule has 3 rings (SSSR count). The normalized spacial score (nSPS) is 12.8. The Morgan fingerprint density at radius 1 is 1.11 bits per heavy atom. The second-order valence-electron chi connectivity index (χ2n) is 4.27. The number of fused-ring (bicyclic) bond motifs is 1. The van der Waals surface area contributed by atoms with Gasteiger partial charge in [-0.2, -0.15) is 5.10 Å². The van der Waals surface area contributed by atoms with Crippen molar-refractivity contribution in [2.24, 2.45) is 5.73 Å². The first-order valence-electron chi connectivity index (χ1n) is 5.79. The Balaban J connectivity index is 2.13. The average Bonchev–Trinajstić information content (AvgIpc) is 2.84. The van der Waals surface area contributed by atoms with Gasteiger partial charge in [-0.1, -0.05) is 6.07 Å². The fourth-order valence-corrected chi connectivity index (χ4v) is 2.11. The van der Waals surface area contributed by atoms with Crippen molar-refractivity contribution in [2.75, 3.05) is 0 Å². The second kappa shape index (κ2) is 4.44. The van der Waals surface area contributed by atoms with Gasteiger partial charge in [-0.25, -0.2) is 13.3 Å². The molecule has 0 fully saturated rings. The Bertz CT molecular complexity index is 736. The summed E-state index contributed by atoms with van der Waals surface area (Å²) in [5.41, 5.74) is 7.59. The van der Waals surface area contributed by atoms with E-state index < -0.39 is 17.7 Å². The van der Waals surface area contributed by atoms with Crippen LogP contribution in [-0.4, -0.2) is 9.61 Å². The van der Waals surface area contributed by atoms with Crippen molar-refractivity contribution in [1.82, 2.24) is 9.61 Å². The van der Waals surface area contributed by atoms with Gasteiger partial charge in [0.15, 0.2) is 0 Å². The smallest absolute Gasteiger partial charge is 0.128 e. The Morgan fingerprint density at radius 2 is 1.95 bits per heavy atom. The lowest BCUT2D eigenvalue weighted by molar-refractivity contribution is 0.577. The van der Waals surface area contributed by atoms with E-state index in [1.165, 1.54) is 0 Å². The highest BCUT2D eigenvalue weighted by Crippen LogP contribution is 2.25. The summed E-state index contributed by atoms with van der Waals surface area (Å²) in [5, 5.41) is 4.14. The van der Waals surface area contributed by atoms with E-state index in [2.05, 4.69) is 5.10 Å². The van der Waals surface area contributed by atoms with Crippen molar-refractivity contribution in [3.8, 4) is 0 Å². The zero-order chi connectivity index (χ0) is 13.4. The summed E-state index contributed by atoms with van der Waals surface area (Å²) in [5.74, 6) is -1.03. The molecule has 2 heterocycles. The van der Waals surface area contributed by atoms with Crippen molar-refractivity contribution < 1.29 is 8.78 Å². The van der Waals surface area contributed by atoms with E-state index in [0.717, 1.165) is 23.7 Å². The van der Waals surface area contributed by atoms with Crippen LogP contribution in [0.2, 0.25) is 0 Å². The molecule has 3 nitrogen and oxygen atoms in total. The van der Waals surface area contributed by atoms with Crippen LogP contribution >= 0.6 is 0 Å². The summed E-state index contributed by atoms with van der Waals surface area (Å²) < 4.78 is 28.6. The topological polar surface area (TPSA) is 43.3 Å². The second-order valence-corrected chi connectivity index (χ2v) is 4.27. The van der Waals surface area contributed by atoms with Gasteiger partial charge in [-0.3, -0.25) is 0 Å². The molecule has 96 valence electrons. The standard InChI is InChI=1S/C14H11F2N3/c15-9-4-5-12(16)10(7-9)14(17)11-8-18-19-6-2-1-3-13(11)19/h1-8,14H,17H2. The van der Waals surface area contributed by atoms with E-state index in [0.29, 0.717) is 5.56 Å². The molecule has 0 aliphatic carbocycles. The van der Waals surface area contributed by atoms with Crippen molar-refractivity contribution in [1.29, 1.82) is 0 Å². The maximum Gasteiger partial charge on any atom is 0.128 e. The van der Waals surface area contributed by atoms with Crippen molar-refractivity contribution in [3.63, 3.8) is 0 Å². The van der Waals surface area contributed by atoms with Crippen LogP contribution in [-0.2, 0) is 0 Å². The summed E-state index contributed by atoms with van der Waals surface area (Å²) in [4.78, 5) is 0. The predicted octanol–water partition coefficient (Wildman–Crippen LogP) is 2.66. The fourth-order valence-electron chi connectivity index (χ4n) is 2.11. The first kappa shape index (κ1) is 11.8. The number of nitrogens with zero attached hydrogens (tertiary/aromatic N) is 2. The highest BCUT2D eigenvalue weighted by Gasteiger charge is 2.18. The maximum atomic E-state index is 13.7. The average molecular weight is 259 g/mol. The minimum atomic E-state index is -0.754. The number of aromatic nitrogens is 2. The van der Waals surface area contributed by atoms with Crippen LogP contribution in [0.3, 0.4) is 0 Å². The van der Waals surface area contributed by atoms with Crippen LogP contribution in [0.1, 0.15) is 17.2 Å². The molecule has 1 unspecified atom stereocenters. The van der Waals surface area contributed by atoms with Gasteiger partial charge in [-0.15, -0.1) is 0 Å².